The van der Waals surface area contributed by atoms with E-state index in [0.29, 0.717) is 6.42 Å². The summed E-state index contributed by atoms with van der Waals surface area (Å²) in [6.45, 7) is 6.92. The van der Waals surface area contributed by atoms with Crippen LogP contribution in [-0.2, 0) is 5.60 Å². The lowest BCUT2D eigenvalue weighted by atomic mass is 9.84. The number of benzene rings is 1. The first kappa shape index (κ1) is 13.1. The van der Waals surface area contributed by atoms with Gasteiger partial charge in [0.2, 0.25) is 0 Å². The maximum absolute atomic E-state index is 10.9. The summed E-state index contributed by atoms with van der Waals surface area (Å²) in [6, 6.07) is 7.81. The molecule has 18 heavy (non-hydrogen) atoms. The molecule has 2 atom stereocenters. The van der Waals surface area contributed by atoms with Crippen LogP contribution in [0.5, 0.6) is 0 Å². The smallest absolute Gasteiger partial charge is 0.133 e. The summed E-state index contributed by atoms with van der Waals surface area (Å²) in [5, 5.41) is 15.2. The summed E-state index contributed by atoms with van der Waals surface area (Å²) in [5.41, 5.74) is 0.947. The third kappa shape index (κ3) is 2.16. The van der Waals surface area contributed by atoms with Gasteiger partial charge in [-0.05, 0) is 43.7 Å². The van der Waals surface area contributed by atoms with Crippen molar-refractivity contribution in [3.8, 4) is 0 Å². The van der Waals surface area contributed by atoms with E-state index in [-0.39, 0.29) is 6.04 Å². The van der Waals surface area contributed by atoms with Gasteiger partial charge in [0.05, 0.1) is 6.26 Å². The van der Waals surface area contributed by atoms with Gasteiger partial charge in [-0.2, -0.15) is 0 Å². The van der Waals surface area contributed by atoms with E-state index in [2.05, 4.69) is 5.32 Å². The highest BCUT2D eigenvalue weighted by Crippen LogP contribution is 2.31. The molecule has 0 saturated heterocycles. The molecule has 2 N–H and O–H groups in total. The van der Waals surface area contributed by atoms with Gasteiger partial charge in [0.1, 0.15) is 11.2 Å². The predicted molar refractivity (Wildman–Crippen MR) is 73.5 cm³/mol. The molecular weight excluding hydrogens is 226 g/mol. The van der Waals surface area contributed by atoms with Crippen molar-refractivity contribution in [2.75, 3.05) is 6.54 Å². The predicted octanol–water partition coefficient (Wildman–Crippen LogP) is 3.03. The Balaban J connectivity index is 2.41. The van der Waals surface area contributed by atoms with Gasteiger partial charge in [-0.1, -0.05) is 19.9 Å². The molecule has 0 fully saturated rings. The standard InChI is InChI=1S/C15H21NO2/c1-4-15(17,11(3)16-5-2)13-6-7-14-12(10-13)8-9-18-14/h6-11,16-17H,4-5H2,1-3H3. The zero-order chi connectivity index (χ0) is 13.2. The third-order valence-corrected chi connectivity index (χ3v) is 3.72. The summed E-state index contributed by atoms with van der Waals surface area (Å²) >= 11 is 0. The molecule has 0 saturated carbocycles. The Morgan fingerprint density at radius 2 is 2.11 bits per heavy atom. The summed E-state index contributed by atoms with van der Waals surface area (Å²) in [5.74, 6) is 0. The topological polar surface area (TPSA) is 45.4 Å². The molecule has 0 amide bonds. The van der Waals surface area contributed by atoms with Crippen molar-refractivity contribution in [3.63, 3.8) is 0 Å². The van der Waals surface area contributed by atoms with Gasteiger partial charge in [-0.3, -0.25) is 0 Å². The molecular formula is C15H21NO2. The minimum Gasteiger partial charge on any atom is -0.464 e. The Labute approximate surface area is 108 Å². The van der Waals surface area contributed by atoms with Gasteiger partial charge in [-0.25, -0.2) is 0 Å². The first-order chi connectivity index (χ1) is 8.61. The Morgan fingerprint density at radius 3 is 2.78 bits per heavy atom. The molecule has 2 aromatic rings. The Kier molecular flexibility index (Phi) is 3.73. The van der Waals surface area contributed by atoms with Crippen LogP contribution < -0.4 is 5.32 Å². The molecule has 1 aromatic heterocycles. The Hall–Kier alpha value is -1.32. The molecule has 3 nitrogen and oxygen atoms in total. The van der Waals surface area contributed by atoms with Crippen LogP contribution in [0.3, 0.4) is 0 Å². The van der Waals surface area contributed by atoms with Crippen molar-refractivity contribution >= 4 is 11.0 Å². The van der Waals surface area contributed by atoms with E-state index in [1.54, 1.807) is 6.26 Å². The maximum atomic E-state index is 10.9. The number of likely N-dealkylation sites (N-methyl/N-ethyl adjacent to an activating group) is 1. The van der Waals surface area contributed by atoms with Crippen molar-refractivity contribution in [1.82, 2.24) is 5.32 Å². The lowest BCUT2D eigenvalue weighted by molar-refractivity contribution is -0.000676. The van der Waals surface area contributed by atoms with Crippen molar-refractivity contribution < 1.29 is 9.52 Å². The number of nitrogens with one attached hydrogen (secondary N) is 1. The van der Waals surface area contributed by atoms with Crippen LogP contribution in [0.25, 0.3) is 11.0 Å². The molecule has 0 bridgehead atoms. The second-order valence-electron chi connectivity index (χ2n) is 4.73. The van der Waals surface area contributed by atoms with Gasteiger partial charge >= 0.3 is 0 Å². The molecule has 3 heteroatoms. The molecule has 0 aliphatic heterocycles. The fourth-order valence-electron chi connectivity index (χ4n) is 2.47. The van der Waals surface area contributed by atoms with E-state index in [9.17, 15) is 5.11 Å². The highest BCUT2D eigenvalue weighted by atomic mass is 16.3. The second kappa shape index (κ2) is 5.12. The van der Waals surface area contributed by atoms with Crippen LogP contribution in [0.2, 0.25) is 0 Å². The minimum absolute atomic E-state index is 0.0110. The van der Waals surface area contributed by atoms with Gasteiger partial charge in [0.25, 0.3) is 0 Å². The quantitative estimate of drug-likeness (QED) is 0.853. The molecule has 1 heterocycles. The summed E-state index contributed by atoms with van der Waals surface area (Å²) in [6.07, 6.45) is 2.34. The van der Waals surface area contributed by atoms with E-state index in [1.807, 2.05) is 45.0 Å². The molecule has 0 radical (unpaired) electrons. The number of rotatable bonds is 5. The lowest BCUT2D eigenvalue weighted by Gasteiger charge is -2.34. The third-order valence-electron chi connectivity index (χ3n) is 3.72. The number of furan rings is 1. The van der Waals surface area contributed by atoms with Crippen molar-refractivity contribution in [2.45, 2.75) is 38.8 Å². The first-order valence-corrected chi connectivity index (χ1v) is 6.55. The van der Waals surface area contributed by atoms with Gasteiger partial charge in [0.15, 0.2) is 0 Å². The van der Waals surface area contributed by atoms with E-state index >= 15 is 0 Å². The zero-order valence-corrected chi connectivity index (χ0v) is 11.2. The fourth-order valence-corrected chi connectivity index (χ4v) is 2.47. The van der Waals surface area contributed by atoms with E-state index in [4.69, 9.17) is 4.42 Å². The van der Waals surface area contributed by atoms with Crippen LogP contribution in [0, 0.1) is 0 Å². The van der Waals surface area contributed by atoms with Crippen LogP contribution in [0.1, 0.15) is 32.8 Å². The van der Waals surface area contributed by atoms with Crippen molar-refractivity contribution in [2.24, 2.45) is 0 Å². The molecule has 2 rings (SSSR count). The van der Waals surface area contributed by atoms with Crippen LogP contribution in [-0.4, -0.2) is 17.7 Å². The van der Waals surface area contributed by atoms with Crippen molar-refractivity contribution in [1.29, 1.82) is 0 Å². The largest absolute Gasteiger partial charge is 0.464 e. The Morgan fingerprint density at radius 1 is 1.33 bits per heavy atom. The maximum Gasteiger partial charge on any atom is 0.133 e. The van der Waals surface area contributed by atoms with E-state index < -0.39 is 5.60 Å². The number of aliphatic hydroxyl groups is 1. The average molecular weight is 247 g/mol. The monoisotopic (exact) mass is 247 g/mol. The summed E-state index contributed by atoms with van der Waals surface area (Å²) in [4.78, 5) is 0. The summed E-state index contributed by atoms with van der Waals surface area (Å²) in [7, 11) is 0. The van der Waals surface area contributed by atoms with Gasteiger partial charge in [-0.15, -0.1) is 0 Å². The van der Waals surface area contributed by atoms with Crippen LogP contribution in [0.4, 0.5) is 0 Å². The Bertz CT molecular complexity index is 520. The molecule has 0 aliphatic rings. The molecule has 1 aromatic carbocycles. The zero-order valence-electron chi connectivity index (χ0n) is 11.2. The van der Waals surface area contributed by atoms with E-state index in [0.717, 1.165) is 23.1 Å². The SMILES string of the molecule is CCNC(C)C(O)(CC)c1ccc2occc2c1. The molecule has 98 valence electrons. The average Bonchev–Trinajstić information content (AvgIpc) is 2.85. The number of hydrogen-bond donors (Lipinski definition) is 2. The minimum atomic E-state index is -0.846. The van der Waals surface area contributed by atoms with Crippen LogP contribution >= 0.6 is 0 Å². The first-order valence-electron chi connectivity index (χ1n) is 6.55. The highest BCUT2D eigenvalue weighted by molar-refractivity contribution is 5.78. The van der Waals surface area contributed by atoms with Crippen molar-refractivity contribution in [3.05, 3.63) is 36.1 Å². The second-order valence-corrected chi connectivity index (χ2v) is 4.73. The summed E-state index contributed by atoms with van der Waals surface area (Å²) < 4.78 is 5.33. The molecule has 2 unspecified atom stereocenters. The molecule has 0 aliphatic carbocycles. The normalized spacial score (nSPS) is 16.7. The van der Waals surface area contributed by atoms with Gasteiger partial charge in [0, 0.05) is 11.4 Å². The highest BCUT2D eigenvalue weighted by Gasteiger charge is 2.33. The fraction of sp³-hybridized carbons (Fsp3) is 0.467. The van der Waals surface area contributed by atoms with Crippen LogP contribution in [0.15, 0.2) is 34.9 Å². The van der Waals surface area contributed by atoms with Gasteiger partial charge < -0.3 is 14.8 Å². The molecule has 0 spiro atoms. The van der Waals surface area contributed by atoms with E-state index in [1.165, 1.54) is 0 Å². The number of fused-ring (bicyclic) bond motifs is 1. The number of hydrogen-bond acceptors (Lipinski definition) is 3. The lowest BCUT2D eigenvalue weighted by Crippen LogP contribution is -2.46.